The van der Waals surface area contributed by atoms with Crippen molar-refractivity contribution in [2.45, 2.75) is 31.7 Å². The fraction of sp³-hybridized carbons (Fsp3) is 0.276. The van der Waals surface area contributed by atoms with Gasteiger partial charge in [0.15, 0.2) is 0 Å². The Bertz CT molecular complexity index is 1590. The van der Waals surface area contributed by atoms with Gasteiger partial charge in [0, 0.05) is 42.1 Å². The molecule has 0 spiro atoms. The number of nitrogens with one attached hydrogen (secondary N) is 1. The van der Waals surface area contributed by atoms with Crippen molar-refractivity contribution < 1.29 is 4.79 Å². The molecule has 1 N–H and O–H groups in total. The van der Waals surface area contributed by atoms with E-state index in [1.165, 1.54) is 19.0 Å². The number of aromatic nitrogens is 4. The molecule has 2 aliphatic heterocycles. The zero-order valence-electron chi connectivity index (χ0n) is 21.6. The Hall–Kier alpha value is -3.97. The lowest BCUT2D eigenvalue weighted by Crippen LogP contribution is -2.47. The Morgan fingerprint density at radius 2 is 1.80 bits per heavy atom. The normalized spacial score (nSPS) is 17.7. The first kappa shape index (κ1) is 26.3. The molecular formula is C29H26Cl2N8O. The van der Waals surface area contributed by atoms with Crippen LogP contribution in [0.3, 0.4) is 0 Å². The Morgan fingerprint density at radius 3 is 2.52 bits per heavy atom. The summed E-state index contributed by atoms with van der Waals surface area (Å²) in [6.07, 6.45) is 9.00. The van der Waals surface area contributed by atoms with Crippen LogP contribution in [-0.4, -0.2) is 56.2 Å². The van der Waals surface area contributed by atoms with E-state index >= 15 is 0 Å². The first-order chi connectivity index (χ1) is 19.5. The minimum absolute atomic E-state index is 0.178. The van der Waals surface area contributed by atoms with E-state index in [4.69, 9.17) is 28.5 Å². The maximum Gasteiger partial charge on any atom is 0.228 e. The molecule has 1 atom stereocenters. The maximum atomic E-state index is 12.9. The minimum atomic E-state index is 0.178. The van der Waals surface area contributed by atoms with Crippen LogP contribution in [0.25, 0.3) is 16.9 Å². The van der Waals surface area contributed by atoms with E-state index < -0.39 is 0 Å². The predicted octanol–water partition coefficient (Wildman–Crippen LogP) is 5.84. The molecule has 2 fully saturated rings. The highest BCUT2D eigenvalue weighted by Gasteiger charge is 2.31. The first-order valence-electron chi connectivity index (χ1n) is 13.2. The maximum absolute atomic E-state index is 12.9. The second kappa shape index (κ2) is 11.3. The highest BCUT2D eigenvalue weighted by molar-refractivity contribution is 6.33. The molecule has 40 heavy (non-hydrogen) atoms. The van der Waals surface area contributed by atoms with Gasteiger partial charge in [0.05, 0.1) is 45.5 Å². The average molecular weight is 573 g/mol. The van der Waals surface area contributed by atoms with Gasteiger partial charge in [-0.15, -0.1) is 0 Å². The van der Waals surface area contributed by atoms with Gasteiger partial charge < -0.3 is 10.2 Å². The summed E-state index contributed by atoms with van der Waals surface area (Å²) in [6, 6.07) is 15.2. The lowest BCUT2D eigenvalue weighted by molar-refractivity contribution is -0.121. The molecule has 2 aromatic heterocycles. The molecule has 2 saturated heterocycles. The third-order valence-electron chi connectivity index (χ3n) is 7.41. The number of anilines is 3. The number of nitrogens with zero attached hydrogens (tertiary/aromatic N) is 7. The van der Waals surface area contributed by atoms with Crippen LogP contribution in [0.4, 0.5) is 17.3 Å². The van der Waals surface area contributed by atoms with Crippen LogP contribution in [0.5, 0.6) is 0 Å². The number of carbonyl (C=O) groups is 1. The quantitative estimate of drug-likeness (QED) is 0.309. The lowest BCUT2D eigenvalue weighted by Gasteiger charge is -2.36. The molecule has 6 rings (SSSR count). The van der Waals surface area contributed by atoms with Crippen molar-refractivity contribution >= 4 is 46.4 Å². The monoisotopic (exact) mass is 572 g/mol. The summed E-state index contributed by atoms with van der Waals surface area (Å²) in [7, 11) is 0. The number of piperidine rings is 1. The van der Waals surface area contributed by atoms with Gasteiger partial charge in [-0.3, -0.25) is 9.69 Å². The van der Waals surface area contributed by atoms with Gasteiger partial charge in [-0.05, 0) is 74.8 Å². The number of carbonyl (C=O) groups excluding carboxylic acids is 1. The molecule has 11 heteroatoms. The molecule has 0 radical (unpaired) electrons. The van der Waals surface area contributed by atoms with Crippen molar-refractivity contribution in [1.29, 1.82) is 5.26 Å². The Labute approximate surface area is 242 Å². The molecule has 4 aromatic rings. The second-order valence-corrected chi connectivity index (χ2v) is 10.8. The summed E-state index contributed by atoms with van der Waals surface area (Å²) < 4.78 is 1.61. The number of hydrogen-bond donors (Lipinski definition) is 1. The summed E-state index contributed by atoms with van der Waals surface area (Å²) in [4.78, 5) is 26.2. The highest BCUT2D eigenvalue weighted by Crippen LogP contribution is 2.30. The highest BCUT2D eigenvalue weighted by atomic mass is 35.5. The summed E-state index contributed by atoms with van der Waals surface area (Å²) in [5, 5.41) is 17.5. The third kappa shape index (κ3) is 5.39. The molecule has 0 unspecified atom stereocenters. The fourth-order valence-corrected chi connectivity index (χ4v) is 5.80. The molecule has 202 valence electrons. The number of halogens is 2. The van der Waals surface area contributed by atoms with E-state index in [2.05, 4.69) is 31.4 Å². The van der Waals surface area contributed by atoms with E-state index in [0.29, 0.717) is 51.0 Å². The number of rotatable bonds is 6. The Morgan fingerprint density at radius 1 is 1.00 bits per heavy atom. The molecular weight excluding hydrogens is 547 g/mol. The van der Waals surface area contributed by atoms with Crippen LogP contribution < -0.4 is 10.2 Å². The van der Waals surface area contributed by atoms with Gasteiger partial charge in [0.25, 0.3) is 0 Å². The van der Waals surface area contributed by atoms with E-state index in [0.717, 1.165) is 37.4 Å². The topological polar surface area (TPSA) is 103 Å². The number of nitriles is 1. The molecule has 1 amide bonds. The number of benzene rings is 2. The van der Waals surface area contributed by atoms with Gasteiger partial charge >= 0.3 is 0 Å². The number of amides is 1. The third-order valence-corrected chi connectivity index (χ3v) is 7.99. The molecule has 9 nitrogen and oxygen atoms in total. The molecule has 4 heterocycles. The smallest absolute Gasteiger partial charge is 0.228 e. The molecule has 2 aliphatic rings. The summed E-state index contributed by atoms with van der Waals surface area (Å²) in [5.74, 6) is 0.552. The van der Waals surface area contributed by atoms with Crippen molar-refractivity contribution in [2.75, 3.05) is 29.9 Å². The molecule has 0 saturated carbocycles. The van der Waals surface area contributed by atoms with E-state index in [-0.39, 0.29) is 5.91 Å². The van der Waals surface area contributed by atoms with Crippen LogP contribution in [0.15, 0.2) is 61.1 Å². The second-order valence-electron chi connectivity index (χ2n) is 9.95. The first-order valence-corrected chi connectivity index (χ1v) is 13.9. The van der Waals surface area contributed by atoms with Crippen LogP contribution in [-0.2, 0) is 4.79 Å². The van der Waals surface area contributed by atoms with Crippen molar-refractivity contribution in [2.24, 2.45) is 0 Å². The Balaban J connectivity index is 1.15. The van der Waals surface area contributed by atoms with Crippen LogP contribution in [0, 0.1) is 11.3 Å². The lowest BCUT2D eigenvalue weighted by atomic mass is 10.0. The Kier molecular flexibility index (Phi) is 7.39. The minimum Gasteiger partial charge on any atom is -0.324 e. The summed E-state index contributed by atoms with van der Waals surface area (Å²) in [5.41, 5.74) is 3.98. The van der Waals surface area contributed by atoms with Crippen molar-refractivity contribution in [1.82, 2.24) is 24.6 Å². The van der Waals surface area contributed by atoms with Crippen LogP contribution in [0.1, 0.15) is 31.2 Å². The van der Waals surface area contributed by atoms with E-state index in [1.54, 1.807) is 35.3 Å². The largest absolute Gasteiger partial charge is 0.324 e. The van der Waals surface area contributed by atoms with Crippen LogP contribution >= 0.6 is 23.2 Å². The zero-order valence-corrected chi connectivity index (χ0v) is 23.1. The fourth-order valence-electron chi connectivity index (χ4n) is 5.33. The summed E-state index contributed by atoms with van der Waals surface area (Å²) >= 11 is 12.8. The van der Waals surface area contributed by atoms with E-state index in [1.807, 2.05) is 29.2 Å². The van der Waals surface area contributed by atoms with Gasteiger partial charge in [-0.2, -0.15) is 10.4 Å². The molecule has 0 bridgehead atoms. The average Bonchev–Trinajstić information content (AvgIpc) is 3.68. The standard InChI is InChI=1S/C29H26Cl2N8O/c30-24-13-19(15-32)3-8-26(24)39-18-20(16-34-39)28-25(31)17-33-29(36-28)35-21-4-6-22(7-5-21)38-12-9-23(14-27(38)40)37-10-1-2-11-37/h3-8,13,16-18,23H,1-2,9-12,14H2,(H,33,35,36)/t23-/m0/s1. The molecule has 2 aromatic carbocycles. The number of hydrogen-bond acceptors (Lipinski definition) is 7. The van der Waals surface area contributed by atoms with E-state index in [9.17, 15) is 4.79 Å². The van der Waals surface area contributed by atoms with Crippen molar-refractivity contribution in [3.63, 3.8) is 0 Å². The van der Waals surface area contributed by atoms with Gasteiger partial charge in [0.1, 0.15) is 0 Å². The SMILES string of the molecule is N#Cc1ccc(-n2cc(-c3nc(Nc4ccc(N5CC[C@H](N6CCCC6)CC5=O)cc4)ncc3Cl)cn2)c(Cl)c1. The molecule has 0 aliphatic carbocycles. The van der Waals surface area contributed by atoms with Crippen LogP contribution in [0.2, 0.25) is 10.0 Å². The zero-order chi connectivity index (χ0) is 27.6. The van der Waals surface area contributed by atoms with Gasteiger partial charge in [-0.1, -0.05) is 23.2 Å². The number of likely N-dealkylation sites (tertiary alicyclic amines) is 1. The predicted molar refractivity (Wildman–Crippen MR) is 155 cm³/mol. The van der Waals surface area contributed by atoms with Gasteiger partial charge in [0.2, 0.25) is 11.9 Å². The summed E-state index contributed by atoms with van der Waals surface area (Å²) in [6.45, 7) is 2.96. The van der Waals surface area contributed by atoms with Crippen molar-refractivity contribution in [3.05, 3.63) is 76.7 Å². The van der Waals surface area contributed by atoms with Gasteiger partial charge in [-0.25, -0.2) is 14.6 Å². The van der Waals surface area contributed by atoms with Crippen molar-refractivity contribution in [3.8, 4) is 23.0 Å².